The molecule has 5 heteroatoms. The normalized spacial score (nSPS) is 23.4. The van der Waals surface area contributed by atoms with Crippen LogP contribution in [0.25, 0.3) is 0 Å². The standard InChI is InChI=1S/C22H36N4O/c1-18-9-12-26(13-10-18)21(20-7-5-4-6-8-20)15-24-22(23-2)25(3)16-19-11-14-27-17-19/h4-8,18-19,21H,9-17H2,1-3H3,(H,23,24). The fourth-order valence-corrected chi connectivity index (χ4v) is 4.25. The first-order chi connectivity index (χ1) is 13.2. The number of likely N-dealkylation sites (tertiary alicyclic amines) is 1. The van der Waals surface area contributed by atoms with Crippen LogP contribution in [-0.4, -0.2) is 69.2 Å². The van der Waals surface area contributed by atoms with Crippen molar-refractivity contribution < 1.29 is 4.74 Å². The molecule has 0 saturated carbocycles. The first-order valence-corrected chi connectivity index (χ1v) is 10.5. The van der Waals surface area contributed by atoms with Crippen LogP contribution in [0.5, 0.6) is 0 Å². The van der Waals surface area contributed by atoms with Gasteiger partial charge in [0.1, 0.15) is 0 Å². The maximum Gasteiger partial charge on any atom is 0.193 e. The molecule has 1 aromatic carbocycles. The van der Waals surface area contributed by atoms with Crippen LogP contribution < -0.4 is 5.32 Å². The minimum atomic E-state index is 0.388. The molecule has 2 fully saturated rings. The van der Waals surface area contributed by atoms with Gasteiger partial charge in [0.25, 0.3) is 0 Å². The van der Waals surface area contributed by atoms with Crippen molar-refractivity contribution in [1.29, 1.82) is 0 Å². The van der Waals surface area contributed by atoms with Gasteiger partial charge in [0.15, 0.2) is 5.96 Å². The number of nitrogens with zero attached hydrogens (tertiary/aromatic N) is 3. The van der Waals surface area contributed by atoms with Crippen molar-refractivity contribution in [2.45, 2.75) is 32.2 Å². The maximum atomic E-state index is 5.52. The number of ether oxygens (including phenoxy) is 1. The molecule has 3 rings (SSSR count). The van der Waals surface area contributed by atoms with E-state index < -0.39 is 0 Å². The predicted octanol–water partition coefficient (Wildman–Crippen LogP) is 3.00. The van der Waals surface area contributed by atoms with E-state index in [4.69, 9.17) is 4.74 Å². The van der Waals surface area contributed by atoms with Crippen LogP contribution in [0, 0.1) is 11.8 Å². The molecule has 0 radical (unpaired) electrons. The van der Waals surface area contributed by atoms with Crippen LogP contribution in [-0.2, 0) is 4.74 Å². The van der Waals surface area contributed by atoms with Gasteiger partial charge in [-0.1, -0.05) is 37.3 Å². The monoisotopic (exact) mass is 372 g/mol. The molecule has 0 amide bonds. The summed E-state index contributed by atoms with van der Waals surface area (Å²) in [5, 5.41) is 3.64. The van der Waals surface area contributed by atoms with Crippen LogP contribution in [0.2, 0.25) is 0 Å². The zero-order valence-corrected chi connectivity index (χ0v) is 17.2. The molecule has 2 aliphatic heterocycles. The van der Waals surface area contributed by atoms with Gasteiger partial charge in [0.2, 0.25) is 0 Å². The third-order valence-corrected chi connectivity index (χ3v) is 6.03. The van der Waals surface area contributed by atoms with Gasteiger partial charge in [-0.2, -0.15) is 0 Å². The second-order valence-corrected chi connectivity index (χ2v) is 8.18. The lowest BCUT2D eigenvalue weighted by molar-refractivity contribution is 0.138. The summed E-state index contributed by atoms with van der Waals surface area (Å²) >= 11 is 0. The van der Waals surface area contributed by atoms with Gasteiger partial charge in [-0.15, -0.1) is 0 Å². The van der Waals surface area contributed by atoms with Crippen LogP contribution in [0.4, 0.5) is 0 Å². The Kier molecular flexibility index (Phi) is 7.53. The van der Waals surface area contributed by atoms with E-state index in [1.165, 1.54) is 31.5 Å². The zero-order chi connectivity index (χ0) is 19.1. The van der Waals surface area contributed by atoms with Crippen LogP contribution >= 0.6 is 0 Å². The molecular weight excluding hydrogens is 336 g/mol. The minimum Gasteiger partial charge on any atom is -0.381 e. The number of rotatable bonds is 6. The van der Waals surface area contributed by atoms with E-state index in [2.05, 4.69) is 64.4 Å². The predicted molar refractivity (Wildman–Crippen MR) is 112 cm³/mol. The molecule has 2 aliphatic rings. The van der Waals surface area contributed by atoms with Gasteiger partial charge < -0.3 is 15.0 Å². The first-order valence-electron chi connectivity index (χ1n) is 10.5. The van der Waals surface area contributed by atoms with E-state index in [1.54, 1.807) is 0 Å². The number of hydrogen-bond acceptors (Lipinski definition) is 3. The molecule has 2 saturated heterocycles. The fraction of sp³-hybridized carbons (Fsp3) is 0.682. The Bertz CT molecular complexity index is 577. The van der Waals surface area contributed by atoms with Crippen LogP contribution in [0.3, 0.4) is 0 Å². The Balaban J connectivity index is 1.62. The lowest BCUT2D eigenvalue weighted by Gasteiger charge is -2.37. The average molecular weight is 373 g/mol. The second kappa shape index (κ2) is 10.1. The molecule has 150 valence electrons. The molecule has 5 nitrogen and oxygen atoms in total. The Morgan fingerprint density at radius 1 is 1.26 bits per heavy atom. The Morgan fingerprint density at radius 2 is 2.00 bits per heavy atom. The highest BCUT2D eigenvalue weighted by Crippen LogP contribution is 2.26. The van der Waals surface area contributed by atoms with Crippen molar-refractivity contribution >= 4 is 5.96 Å². The molecule has 0 aliphatic carbocycles. The van der Waals surface area contributed by atoms with E-state index in [9.17, 15) is 0 Å². The average Bonchev–Trinajstić information content (AvgIpc) is 3.20. The summed E-state index contributed by atoms with van der Waals surface area (Å²) in [6.45, 7) is 8.38. The van der Waals surface area contributed by atoms with Crippen LogP contribution in [0.15, 0.2) is 35.3 Å². The molecule has 0 aromatic heterocycles. The highest BCUT2D eigenvalue weighted by molar-refractivity contribution is 5.79. The summed E-state index contributed by atoms with van der Waals surface area (Å²) in [6.07, 6.45) is 3.74. The summed E-state index contributed by atoms with van der Waals surface area (Å²) < 4.78 is 5.52. The SMILES string of the molecule is CN=C(NCC(c1ccccc1)N1CCC(C)CC1)N(C)CC1CCOC1. The Hall–Kier alpha value is -1.59. The number of aliphatic imine (C=N–C) groups is 1. The summed E-state index contributed by atoms with van der Waals surface area (Å²) in [6, 6.07) is 11.3. The molecule has 2 atom stereocenters. The molecule has 0 bridgehead atoms. The van der Waals surface area contributed by atoms with Crippen LogP contribution in [0.1, 0.15) is 37.8 Å². The number of benzene rings is 1. The molecule has 2 heterocycles. The summed E-state index contributed by atoms with van der Waals surface area (Å²) in [7, 11) is 4.01. The van der Waals surface area contributed by atoms with Crippen molar-refractivity contribution in [2.24, 2.45) is 16.8 Å². The first kappa shape index (κ1) is 20.2. The van der Waals surface area contributed by atoms with Crippen molar-refractivity contribution in [3.63, 3.8) is 0 Å². The third kappa shape index (κ3) is 5.69. The highest BCUT2D eigenvalue weighted by atomic mass is 16.5. The molecule has 1 N–H and O–H groups in total. The fourth-order valence-electron chi connectivity index (χ4n) is 4.25. The van der Waals surface area contributed by atoms with E-state index in [-0.39, 0.29) is 0 Å². The van der Waals surface area contributed by atoms with Gasteiger partial charge in [0.05, 0.1) is 12.6 Å². The molecule has 2 unspecified atom stereocenters. The Labute approximate surface area is 164 Å². The van der Waals surface area contributed by atoms with E-state index in [0.29, 0.717) is 12.0 Å². The maximum absolute atomic E-state index is 5.52. The number of hydrogen-bond donors (Lipinski definition) is 1. The van der Waals surface area contributed by atoms with E-state index in [0.717, 1.165) is 44.6 Å². The van der Waals surface area contributed by atoms with Gasteiger partial charge in [-0.25, -0.2) is 0 Å². The zero-order valence-electron chi connectivity index (χ0n) is 17.2. The highest BCUT2D eigenvalue weighted by Gasteiger charge is 2.25. The molecule has 0 spiro atoms. The van der Waals surface area contributed by atoms with Gasteiger partial charge in [-0.3, -0.25) is 9.89 Å². The van der Waals surface area contributed by atoms with Gasteiger partial charge >= 0.3 is 0 Å². The number of guanidine groups is 1. The number of nitrogens with one attached hydrogen (secondary N) is 1. The lowest BCUT2D eigenvalue weighted by atomic mass is 9.95. The smallest absolute Gasteiger partial charge is 0.193 e. The second-order valence-electron chi connectivity index (χ2n) is 8.18. The van der Waals surface area contributed by atoms with Crippen molar-refractivity contribution in [3.8, 4) is 0 Å². The number of piperidine rings is 1. The summed E-state index contributed by atoms with van der Waals surface area (Å²) in [5.74, 6) is 2.44. The third-order valence-electron chi connectivity index (χ3n) is 6.03. The molecular formula is C22H36N4O. The van der Waals surface area contributed by atoms with Gasteiger partial charge in [-0.05, 0) is 43.8 Å². The van der Waals surface area contributed by atoms with Crippen molar-refractivity contribution in [1.82, 2.24) is 15.1 Å². The largest absolute Gasteiger partial charge is 0.381 e. The Morgan fingerprint density at radius 3 is 2.63 bits per heavy atom. The van der Waals surface area contributed by atoms with Gasteiger partial charge in [0, 0.05) is 39.7 Å². The van der Waals surface area contributed by atoms with Crippen molar-refractivity contribution in [2.75, 3.05) is 53.5 Å². The lowest BCUT2D eigenvalue weighted by Crippen LogP contribution is -2.46. The van der Waals surface area contributed by atoms with Crippen molar-refractivity contribution in [3.05, 3.63) is 35.9 Å². The summed E-state index contributed by atoms with van der Waals surface area (Å²) in [5.41, 5.74) is 1.39. The molecule has 27 heavy (non-hydrogen) atoms. The minimum absolute atomic E-state index is 0.388. The topological polar surface area (TPSA) is 40.1 Å². The van der Waals surface area contributed by atoms with E-state index >= 15 is 0 Å². The quantitative estimate of drug-likeness (QED) is 0.616. The summed E-state index contributed by atoms with van der Waals surface area (Å²) in [4.78, 5) is 9.41. The van der Waals surface area contributed by atoms with E-state index in [1.807, 2.05) is 7.05 Å². The molecule has 1 aromatic rings.